The monoisotopic (exact) mass is 577 g/mol. The summed E-state index contributed by atoms with van der Waals surface area (Å²) in [5, 5.41) is 9.23. The molecule has 1 spiro atoms. The molecular formula is C34H51N5O3. The number of likely N-dealkylation sites (tertiary alicyclic amines) is 3. The number of unbranched alkanes of at least 4 members (excludes halogenated alkanes) is 1. The molecule has 1 unspecified atom stereocenters. The third-order valence-electron chi connectivity index (χ3n) is 11.4. The van der Waals surface area contributed by atoms with Crippen LogP contribution in [0.15, 0.2) is 6.07 Å². The number of amides is 2. The van der Waals surface area contributed by atoms with Gasteiger partial charge in [-0.2, -0.15) is 5.26 Å². The fourth-order valence-corrected chi connectivity index (χ4v) is 8.39. The molecule has 8 nitrogen and oxygen atoms in total. The van der Waals surface area contributed by atoms with Gasteiger partial charge in [-0.3, -0.25) is 14.5 Å². The van der Waals surface area contributed by atoms with Crippen molar-refractivity contribution in [3.05, 3.63) is 28.6 Å². The number of nitriles is 1. The van der Waals surface area contributed by atoms with Gasteiger partial charge in [-0.05, 0) is 108 Å². The molecule has 2 amide bonds. The number of carbonyl (C=O) groups is 2. The number of rotatable bonds is 6. The van der Waals surface area contributed by atoms with Gasteiger partial charge in [0.05, 0.1) is 11.3 Å². The van der Waals surface area contributed by atoms with Crippen molar-refractivity contribution < 1.29 is 14.3 Å². The molecule has 8 heteroatoms. The Morgan fingerprint density at radius 2 is 1.67 bits per heavy atom. The lowest BCUT2D eigenvalue weighted by atomic mass is 9.62. The van der Waals surface area contributed by atoms with E-state index in [0.717, 1.165) is 90.1 Å². The van der Waals surface area contributed by atoms with Crippen LogP contribution in [0.1, 0.15) is 105 Å². The zero-order valence-electron chi connectivity index (χ0n) is 26.4. The third kappa shape index (κ3) is 6.24. The Morgan fingerprint density at radius 3 is 2.29 bits per heavy atom. The molecule has 1 atom stereocenters. The van der Waals surface area contributed by atoms with Gasteiger partial charge in [0, 0.05) is 50.8 Å². The van der Waals surface area contributed by atoms with Crippen molar-refractivity contribution >= 4 is 11.8 Å². The van der Waals surface area contributed by atoms with E-state index in [-0.39, 0.29) is 17.4 Å². The number of carbonyl (C=O) groups excluding carboxylic acids is 2. The van der Waals surface area contributed by atoms with E-state index >= 15 is 0 Å². The van der Waals surface area contributed by atoms with Crippen LogP contribution in [-0.2, 0) is 9.53 Å². The van der Waals surface area contributed by atoms with Gasteiger partial charge in [0.1, 0.15) is 11.8 Å². The summed E-state index contributed by atoms with van der Waals surface area (Å²) in [4.78, 5) is 38.1. The molecule has 0 bridgehead atoms. The first-order chi connectivity index (χ1) is 20.2. The normalized spacial score (nSPS) is 24.9. The van der Waals surface area contributed by atoms with E-state index in [9.17, 15) is 14.9 Å². The second kappa shape index (κ2) is 13.0. The van der Waals surface area contributed by atoms with E-state index in [1.54, 1.807) is 6.07 Å². The highest BCUT2D eigenvalue weighted by Crippen LogP contribution is 2.49. The number of piperidine rings is 3. The smallest absolute Gasteiger partial charge is 0.255 e. The van der Waals surface area contributed by atoms with Crippen molar-refractivity contribution in [1.29, 1.82) is 5.26 Å². The Balaban J connectivity index is 1.19. The highest BCUT2D eigenvalue weighted by molar-refractivity contribution is 5.96. The fraction of sp³-hybridized carbons (Fsp3) is 0.765. The first-order valence-electron chi connectivity index (χ1n) is 16.5. The molecule has 1 aromatic heterocycles. The Hall–Kier alpha value is -2.50. The minimum Gasteiger partial charge on any atom is -0.381 e. The average Bonchev–Trinajstić information content (AvgIpc) is 3.01. The van der Waals surface area contributed by atoms with Crippen molar-refractivity contribution in [1.82, 2.24) is 19.7 Å². The number of aryl methyl sites for hydroxylation is 2. The topological polar surface area (TPSA) is 89.8 Å². The molecule has 4 aliphatic heterocycles. The van der Waals surface area contributed by atoms with E-state index in [1.165, 1.54) is 32.1 Å². The summed E-state index contributed by atoms with van der Waals surface area (Å²) < 4.78 is 5.52. The van der Waals surface area contributed by atoms with Crippen LogP contribution in [0.2, 0.25) is 0 Å². The van der Waals surface area contributed by atoms with E-state index in [0.29, 0.717) is 34.2 Å². The number of hydrogen-bond acceptors (Lipinski definition) is 6. The van der Waals surface area contributed by atoms with Crippen LogP contribution in [0.3, 0.4) is 0 Å². The van der Waals surface area contributed by atoms with Crippen LogP contribution < -0.4 is 0 Å². The summed E-state index contributed by atoms with van der Waals surface area (Å²) in [6, 6.07) is 3.81. The predicted molar refractivity (Wildman–Crippen MR) is 163 cm³/mol. The first-order valence-corrected chi connectivity index (χ1v) is 16.5. The largest absolute Gasteiger partial charge is 0.381 e. The highest BCUT2D eigenvalue weighted by Gasteiger charge is 2.48. The van der Waals surface area contributed by atoms with Crippen LogP contribution in [-0.4, -0.2) is 89.5 Å². The number of aromatic nitrogens is 1. The molecule has 4 aliphatic rings. The summed E-state index contributed by atoms with van der Waals surface area (Å²) in [6.45, 7) is 15.4. The third-order valence-corrected chi connectivity index (χ3v) is 11.4. The minimum absolute atomic E-state index is 0.0439. The van der Waals surface area contributed by atoms with Crippen molar-refractivity contribution in [2.24, 2.45) is 17.3 Å². The zero-order chi connectivity index (χ0) is 29.9. The van der Waals surface area contributed by atoms with E-state index < -0.39 is 0 Å². The molecule has 1 aromatic rings. The van der Waals surface area contributed by atoms with Gasteiger partial charge in [0.2, 0.25) is 5.91 Å². The zero-order valence-corrected chi connectivity index (χ0v) is 26.4. The van der Waals surface area contributed by atoms with E-state index in [4.69, 9.17) is 4.74 Å². The van der Waals surface area contributed by atoms with Gasteiger partial charge in [0.15, 0.2) is 0 Å². The van der Waals surface area contributed by atoms with E-state index in [2.05, 4.69) is 34.7 Å². The summed E-state index contributed by atoms with van der Waals surface area (Å²) >= 11 is 0. The second-order valence-electron chi connectivity index (χ2n) is 13.8. The van der Waals surface area contributed by atoms with Gasteiger partial charge in [-0.1, -0.05) is 19.8 Å². The van der Waals surface area contributed by atoms with Crippen molar-refractivity contribution in [3.8, 4) is 6.07 Å². The van der Waals surface area contributed by atoms with Crippen LogP contribution in [0.5, 0.6) is 0 Å². The standard InChI is InChI=1S/C34H51N5O3/c1-5-6-7-28-24-38(31(40)27-8-20-42-21-9-27)17-12-34(28)13-18-39(19-14-34)33(4)10-15-37(16-11-33)32(41)30-25(2)22-29(23-35)36-26(30)3/h22,27-28H,5-21,24H2,1-4H3. The van der Waals surface area contributed by atoms with Crippen molar-refractivity contribution in [3.63, 3.8) is 0 Å². The molecule has 4 saturated heterocycles. The number of nitrogens with zero attached hydrogens (tertiary/aromatic N) is 5. The first kappa shape index (κ1) is 30.9. The molecule has 0 aliphatic carbocycles. The lowest BCUT2D eigenvalue weighted by Crippen LogP contribution is -2.60. The maximum Gasteiger partial charge on any atom is 0.255 e. The number of ether oxygens (including phenoxy) is 1. The number of pyridine rings is 1. The fourth-order valence-electron chi connectivity index (χ4n) is 8.39. The summed E-state index contributed by atoms with van der Waals surface area (Å²) in [7, 11) is 0. The second-order valence-corrected chi connectivity index (χ2v) is 13.8. The Bertz CT molecular complexity index is 1150. The molecule has 0 aromatic carbocycles. The van der Waals surface area contributed by atoms with Crippen LogP contribution in [0.25, 0.3) is 0 Å². The Labute approximate surface area is 252 Å². The quantitative estimate of drug-likeness (QED) is 0.467. The van der Waals surface area contributed by atoms with Crippen molar-refractivity contribution in [2.45, 2.75) is 97.4 Å². The summed E-state index contributed by atoms with van der Waals surface area (Å²) in [5.74, 6) is 1.17. The molecule has 5 rings (SSSR count). The summed E-state index contributed by atoms with van der Waals surface area (Å²) in [5.41, 5.74) is 2.94. The maximum atomic E-state index is 13.5. The SMILES string of the molecule is CCCCC1CN(C(=O)C2CCOCC2)CCC12CCN(C1(C)CCN(C(=O)c3c(C)cc(C#N)nc3C)CC1)CC2. The van der Waals surface area contributed by atoms with Crippen LogP contribution in [0, 0.1) is 42.4 Å². The van der Waals surface area contributed by atoms with Crippen molar-refractivity contribution in [2.75, 3.05) is 52.5 Å². The lowest BCUT2D eigenvalue weighted by molar-refractivity contribution is -0.145. The van der Waals surface area contributed by atoms with Gasteiger partial charge in [-0.25, -0.2) is 4.98 Å². The van der Waals surface area contributed by atoms with Gasteiger partial charge in [0.25, 0.3) is 5.91 Å². The Morgan fingerprint density at radius 1 is 1.02 bits per heavy atom. The molecule has 230 valence electrons. The molecule has 5 heterocycles. The van der Waals surface area contributed by atoms with Crippen LogP contribution in [0.4, 0.5) is 0 Å². The Kier molecular flexibility index (Phi) is 9.59. The molecule has 0 saturated carbocycles. The van der Waals surface area contributed by atoms with Crippen LogP contribution >= 0.6 is 0 Å². The average molecular weight is 578 g/mol. The molecule has 42 heavy (non-hydrogen) atoms. The summed E-state index contributed by atoms with van der Waals surface area (Å²) in [6.07, 6.45) is 10.9. The minimum atomic E-state index is 0.0439. The van der Waals surface area contributed by atoms with Gasteiger partial charge in [-0.15, -0.1) is 0 Å². The molecule has 0 radical (unpaired) electrons. The predicted octanol–water partition coefficient (Wildman–Crippen LogP) is 5.11. The molecular weight excluding hydrogens is 526 g/mol. The molecule has 4 fully saturated rings. The highest BCUT2D eigenvalue weighted by atomic mass is 16.5. The number of hydrogen-bond donors (Lipinski definition) is 0. The van der Waals surface area contributed by atoms with Gasteiger partial charge < -0.3 is 14.5 Å². The maximum absolute atomic E-state index is 13.5. The van der Waals surface area contributed by atoms with E-state index in [1.807, 2.05) is 18.7 Å². The lowest BCUT2D eigenvalue weighted by Gasteiger charge is -2.56. The molecule has 0 N–H and O–H groups in total. The van der Waals surface area contributed by atoms with Gasteiger partial charge >= 0.3 is 0 Å².